The summed E-state index contributed by atoms with van der Waals surface area (Å²) in [6, 6.07) is 5.78. The monoisotopic (exact) mass is 253 g/mol. The van der Waals surface area contributed by atoms with Crippen molar-refractivity contribution in [1.82, 2.24) is 9.97 Å². The van der Waals surface area contributed by atoms with E-state index in [-0.39, 0.29) is 23.0 Å². The SMILES string of the molecule is C#Cc1cc(F)cc(-c2nc(N)nc(N)c2C#N)c1. The third-order valence-electron chi connectivity index (χ3n) is 2.40. The third kappa shape index (κ3) is 2.28. The maximum absolute atomic E-state index is 13.5. The summed E-state index contributed by atoms with van der Waals surface area (Å²) in [5, 5.41) is 9.06. The van der Waals surface area contributed by atoms with Crippen LogP contribution < -0.4 is 11.5 Å². The molecule has 0 aliphatic carbocycles. The van der Waals surface area contributed by atoms with Gasteiger partial charge in [-0.2, -0.15) is 10.2 Å². The highest BCUT2D eigenvalue weighted by molar-refractivity contribution is 5.73. The zero-order chi connectivity index (χ0) is 14.0. The van der Waals surface area contributed by atoms with Crippen LogP contribution in [0.25, 0.3) is 11.3 Å². The Bertz CT molecular complexity index is 740. The molecule has 6 heteroatoms. The lowest BCUT2D eigenvalue weighted by Crippen LogP contribution is -2.05. The molecule has 0 saturated carbocycles. The largest absolute Gasteiger partial charge is 0.382 e. The van der Waals surface area contributed by atoms with Gasteiger partial charge in [-0.15, -0.1) is 6.42 Å². The predicted octanol–water partition coefficient (Wildman–Crippen LogP) is 1.30. The van der Waals surface area contributed by atoms with Crippen molar-refractivity contribution in [3.8, 4) is 29.7 Å². The van der Waals surface area contributed by atoms with E-state index in [1.807, 2.05) is 6.07 Å². The number of nitrogen functional groups attached to an aromatic ring is 2. The normalized spacial score (nSPS) is 9.63. The van der Waals surface area contributed by atoms with Crippen LogP contribution in [0.3, 0.4) is 0 Å². The molecular formula is C13H8FN5. The number of nitrogens with zero attached hydrogens (tertiary/aromatic N) is 3. The number of hydrogen-bond donors (Lipinski definition) is 2. The Morgan fingerprint density at radius 1 is 1.21 bits per heavy atom. The first-order chi connectivity index (χ1) is 9.05. The molecule has 5 nitrogen and oxygen atoms in total. The van der Waals surface area contributed by atoms with Crippen LogP contribution in [0.2, 0.25) is 0 Å². The summed E-state index contributed by atoms with van der Waals surface area (Å²) in [4.78, 5) is 7.60. The van der Waals surface area contributed by atoms with Crippen LogP contribution in [-0.2, 0) is 0 Å². The van der Waals surface area contributed by atoms with Gasteiger partial charge in [-0.1, -0.05) is 5.92 Å². The van der Waals surface area contributed by atoms with Crippen molar-refractivity contribution in [2.24, 2.45) is 0 Å². The van der Waals surface area contributed by atoms with Crippen molar-refractivity contribution in [2.75, 3.05) is 11.5 Å². The van der Waals surface area contributed by atoms with E-state index in [2.05, 4.69) is 15.9 Å². The fraction of sp³-hybridized carbons (Fsp3) is 0. The summed E-state index contributed by atoms with van der Waals surface area (Å²) in [7, 11) is 0. The van der Waals surface area contributed by atoms with Gasteiger partial charge in [0.1, 0.15) is 23.3 Å². The lowest BCUT2D eigenvalue weighted by atomic mass is 10.0. The van der Waals surface area contributed by atoms with Gasteiger partial charge in [0.05, 0.1) is 5.69 Å². The molecule has 4 N–H and O–H groups in total. The molecule has 0 spiro atoms. The Hall–Kier alpha value is -3.12. The highest BCUT2D eigenvalue weighted by atomic mass is 19.1. The Morgan fingerprint density at radius 2 is 1.95 bits per heavy atom. The summed E-state index contributed by atoms with van der Waals surface area (Å²) >= 11 is 0. The first kappa shape index (κ1) is 12.3. The minimum atomic E-state index is -0.537. The van der Waals surface area contributed by atoms with Gasteiger partial charge in [0.2, 0.25) is 5.95 Å². The first-order valence-corrected chi connectivity index (χ1v) is 5.16. The number of terminal acetylenes is 1. The maximum Gasteiger partial charge on any atom is 0.222 e. The zero-order valence-corrected chi connectivity index (χ0v) is 9.68. The van der Waals surface area contributed by atoms with Crippen LogP contribution in [0.15, 0.2) is 18.2 Å². The van der Waals surface area contributed by atoms with Gasteiger partial charge in [0.15, 0.2) is 0 Å². The number of anilines is 2. The van der Waals surface area contributed by atoms with Crippen molar-refractivity contribution < 1.29 is 4.39 Å². The molecule has 0 aliphatic rings. The van der Waals surface area contributed by atoms with Crippen molar-refractivity contribution in [3.63, 3.8) is 0 Å². The second-order valence-corrected chi connectivity index (χ2v) is 3.68. The molecule has 1 heterocycles. The third-order valence-corrected chi connectivity index (χ3v) is 2.40. The van der Waals surface area contributed by atoms with Gasteiger partial charge in [0, 0.05) is 11.1 Å². The van der Waals surface area contributed by atoms with Crippen molar-refractivity contribution >= 4 is 11.8 Å². The number of nitriles is 1. The molecule has 0 unspecified atom stereocenters. The summed E-state index contributed by atoms with van der Waals surface area (Å²) in [5.41, 5.74) is 11.9. The molecule has 0 radical (unpaired) electrons. The Labute approximate surface area is 108 Å². The Balaban J connectivity index is 2.76. The minimum absolute atomic E-state index is 0.0303. The first-order valence-electron chi connectivity index (χ1n) is 5.16. The van der Waals surface area contributed by atoms with Gasteiger partial charge >= 0.3 is 0 Å². The van der Waals surface area contributed by atoms with E-state index in [1.54, 1.807) is 0 Å². The quantitative estimate of drug-likeness (QED) is 0.746. The molecule has 2 rings (SSSR count). The van der Waals surface area contributed by atoms with E-state index >= 15 is 0 Å². The molecule has 0 atom stereocenters. The lowest BCUT2D eigenvalue weighted by molar-refractivity contribution is 0.628. The maximum atomic E-state index is 13.5. The molecular weight excluding hydrogens is 245 g/mol. The van der Waals surface area contributed by atoms with E-state index in [9.17, 15) is 4.39 Å². The Morgan fingerprint density at radius 3 is 2.58 bits per heavy atom. The van der Waals surface area contributed by atoms with Gasteiger partial charge in [0.25, 0.3) is 0 Å². The van der Waals surface area contributed by atoms with E-state index in [0.717, 1.165) is 0 Å². The number of rotatable bonds is 1. The molecule has 92 valence electrons. The van der Waals surface area contributed by atoms with Crippen LogP contribution >= 0.6 is 0 Å². The number of aromatic nitrogens is 2. The summed E-state index contributed by atoms with van der Waals surface area (Å²) in [5.74, 6) is 1.62. The van der Waals surface area contributed by atoms with Crippen molar-refractivity contribution in [3.05, 3.63) is 35.1 Å². The molecule has 0 aliphatic heterocycles. The molecule has 1 aromatic heterocycles. The van der Waals surface area contributed by atoms with E-state index in [0.29, 0.717) is 11.1 Å². The predicted molar refractivity (Wildman–Crippen MR) is 68.9 cm³/mol. The summed E-state index contributed by atoms with van der Waals surface area (Å²) in [6.07, 6.45) is 5.23. The number of nitrogens with two attached hydrogens (primary N) is 2. The standard InChI is InChI=1S/C13H8FN5/c1-2-7-3-8(5-9(14)4-7)11-10(6-15)12(16)19-13(17)18-11/h1,3-5H,(H4,16,17,18,19). The highest BCUT2D eigenvalue weighted by Gasteiger charge is 2.14. The van der Waals surface area contributed by atoms with Crippen LogP contribution in [0, 0.1) is 29.5 Å². The molecule has 2 aromatic rings. The average molecular weight is 253 g/mol. The van der Waals surface area contributed by atoms with Crippen LogP contribution in [0.5, 0.6) is 0 Å². The van der Waals surface area contributed by atoms with Gasteiger partial charge in [-0.25, -0.2) is 9.37 Å². The zero-order valence-electron chi connectivity index (χ0n) is 9.68. The number of halogens is 1. The molecule has 0 amide bonds. The molecule has 0 fully saturated rings. The van der Waals surface area contributed by atoms with Gasteiger partial charge in [-0.3, -0.25) is 0 Å². The summed E-state index contributed by atoms with van der Waals surface area (Å²) in [6.45, 7) is 0. The molecule has 19 heavy (non-hydrogen) atoms. The number of hydrogen-bond acceptors (Lipinski definition) is 5. The molecule has 1 aromatic carbocycles. The van der Waals surface area contributed by atoms with E-state index in [1.165, 1.54) is 18.2 Å². The van der Waals surface area contributed by atoms with Crippen LogP contribution in [0.4, 0.5) is 16.2 Å². The topological polar surface area (TPSA) is 102 Å². The van der Waals surface area contributed by atoms with Crippen molar-refractivity contribution in [2.45, 2.75) is 0 Å². The van der Waals surface area contributed by atoms with Crippen molar-refractivity contribution in [1.29, 1.82) is 5.26 Å². The van der Waals surface area contributed by atoms with E-state index < -0.39 is 5.82 Å². The second kappa shape index (κ2) is 4.63. The highest BCUT2D eigenvalue weighted by Crippen LogP contribution is 2.26. The number of benzene rings is 1. The molecule has 0 saturated heterocycles. The van der Waals surface area contributed by atoms with E-state index in [4.69, 9.17) is 23.2 Å². The molecule has 0 bridgehead atoms. The van der Waals surface area contributed by atoms with Gasteiger partial charge < -0.3 is 11.5 Å². The van der Waals surface area contributed by atoms with Gasteiger partial charge in [-0.05, 0) is 18.2 Å². The lowest BCUT2D eigenvalue weighted by Gasteiger charge is -2.07. The fourth-order valence-corrected chi connectivity index (χ4v) is 1.62. The fourth-order valence-electron chi connectivity index (χ4n) is 1.62. The summed E-state index contributed by atoms with van der Waals surface area (Å²) < 4.78 is 13.5. The second-order valence-electron chi connectivity index (χ2n) is 3.68. The minimum Gasteiger partial charge on any atom is -0.382 e. The smallest absolute Gasteiger partial charge is 0.222 e. The average Bonchev–Trinajstić information content (AvgIpc) is 2.37. The van der Waals surface area contributed by atoms with Crippen LogP contribution in [0.1, 0.15) is 11.1 Å². The Kier molecular flexibility index (Phi) is 3.01. The van der Waals surface area contributed by atoms with Crippen LogP contribution in [-0.4, -0.2) is 9.97 Å².